The molecular formula is C22H19N3OS. The van der Waals surface area contributed by atoms with E-state index in [4.69, 9.17) is 0 Å². The molecule has 3 aromatic carbocycles. The SMILES string of the molecule is Cc1nc2ccccc2nc1CSCC(=O)Nc1cccc2ccccc12. The zero-order chi connectivity index (χ0) is 18.6. The van der Waals surface area contributed by atoms with Crippen LogP contribution in [0.3, 0.4) is 0 Å². The van der Waals surface area contributed by atoms with E-state index in [1.54, 1.807) is 11.8 Å². The second-order valence-corrected chi connectivity index (χ2v) is 7.30. The minimum atomic E-state index is -0.0113. The van der Waals surface area contributed by atoms with E-state index in [0.29, 0.717) is 11.5 Å². The van der Waals surface area contributed by atoms with Gasteiger partial charge in [-0.3, -0.25) is 4.79 Å². The fourth-order valence-corrected chi connectivity index (χ4v) is 3.85. The Hall–Kier alpha value is -2.92. The minimum absolute atomic E-state index is 0.0113. The molecule has 0 saturated heterocycles. The molecule has 4 aromatic rings. The normalized spacial score (nSPS) is 11.0. The first-order chi connectivity index (χ1) is 13.2. The van der Waals surface area contributed by atoms with Crippen molar-refractivity contribution in [2.75, 3.05) is 11.1 Å². The molecule has 1 N–H and O–H groups in total. The smallest absolute Gasteiger partial charge is 0.234 e. The Kier molecular flexibility index (Phi) is 5.03. The Morgan fingerprint density at radius 1 is 0.926 bits per heavy atom. The van der Waals surface area contributed by atoms with Crippen LogP contribution < -0.4 is 5.32 Å². The quantitative estimate of drug-likeness (QED) is 0.537. The van der Waals surface area contributed by atoms with Crippen LogP contribution in [0.2, 0.25) is 0 Å². The topological polar surface area (TPSA) is 54.9 Å². The lowest BCUT2D eigenvalue weighted by Gasteiger charge is -2.09. The number of carbonyl (C=O) groups excluding carboxylic acids is 1. The maximum Gasteiger partial charge on any atom is 0.234 e. The standard InChI is InChI=1S/C22H19N3OS/c1-15-21(24-20-11-5-4-10-19(20)23-15)13-27-14-22(26)25-18-12-6-8-16-7-2-3-9-17(16)18/h2-12H,13-14H2,1H3,(H,25,26). The van der Waals surface area contributed by atoms with Crippen molar-refractivity contribution in [1.82, 2.24) is 9.97 Å². The van der Waals surface area contributed by atoms with Gasteiger partial charge in [0.2, 0.25) is 5.91 Å². The average Bonchev–Trinajstić information content (AvgIpc) is 2.69. The van der Waals surface area contributed by atoms with Crippen molar-refractivity contribution in [3.63, 3.8) is 0 Å². The summed E-state index contributed by atoms with van der Waals surface area (Å²) < 4.78 is 0. The third kappa shape index (κ3) is 3.93. The molecule has 4 nitrogen and oxygen atoms in total. The zero-order valence-corrected chi connectivity index (χ0v) is 15.8. The van der Waals surface area contributed by atoms with Gasteiger partial charge in [0.25, 0.3) is 0 Å². The molecule has 0 aliphatic rings. The van der Waals surface area contributed by atoms with Crippen LogP contribution in [0, 0.1) is 6.92 Å². The lowest BCUT2D eigenvalue weighted by Crippen LogP contribution is -2.14. The summed E-state index contributed by atoms with van der Waals surface area (Å²) >= 11 is 1.55. The molecule has 27 heavy (non-hydrogen) atoms. The minimum Gasteiger partial charge on any atom is -0.325 e. The van der Waals surface area contributed by atoms with Crippen molar-refractivity contribution in [2.45, 2.75) is 12.7 Å². The van der Waals surface area contributed by atoms with Crippen LogP contribution in [0.25, 0.3) is 21.8 Å². The predicted molar refractivity (Wildman–Crippen MR) is 113 cm³/mol. The third-order valence-corrected chi connectivity index (χ3v) is 5.32. The van der Waals surface area contributed by atoms with Gasteiger partial charge in [-0.25, -0.2) is 9.97 Å². The van der Waals surface area contributed by atoms with Gasteiger partial charge in [0.1, 0.15) is 0 Å². The molecule has 0 aliphatic carbocycles. The third-order valence-electron chi connectivity index (χ3n) is 4.38. The molecule has 0 unspecified atom stereocenters. The van der Waals surface area contributed by atoms with Crippen molar-refractivity contribution in [3.8, 4) is 0 Å². The molecule has 0 spiro atoms. The highest BCUT2D eigenvalue weighted by Crippen LogP contribution is 2.23. The molecule has 5 heteroatoms. The van der Waals surface area contributed by atoms with Gasteiger partial charge in [-0.05, 0) is 30.5 Å². The number of anilines is 1. The van der Waals surface area contributed by atoms with Crippen molar-refractivity contribution < 1.29 is 4.79 Å². The molecule has 0 bridgehead atoms. The molecule has 1 aromatic heterocycles. The Balaban J connectivity index is 1.40. The van der Waals surface area contributed by atoms with Crippen molar-refractivity contribution >= 4 is 45.2 Å². The Morgan fingerprint density at radius 3 is 2.48 bits per heavy atom. The summed E-state index contributed by atoms with van der Waals surface area (Å²) in [5.41, 5.74) is 4.48. The number of hydrogen-bond acceptors (Lipinski definition) is 4. The number of fused-ring (bicyclic) bond motifs is 2. The number of carbonyl (C=O) groups is 1. The number of aryl methyl sites for hydroxylation is 1. The van der Waals surface area contributed by atoms with Gasteiger partial charge in [-0.1, -0.05) is 48.5 Å². The fourth-order valence-electron chi connectivity index (χ4n) is 3.02. The Labute approximate surface area is 162 Å². The lowest BCUT2D eigenvalue weighted by molar-refractivity contribution is -0.113. The van der Waals surface area contributed by atoms with Crippen LogP contribution in [0.5, 0.6) is 0 Å². The molecule has 0 saturated carbocycles. The first kappa shape index (κ1) is 17.5. The van der Waals surface area contributed by atoms with Gasteiger partial charge >= 0.3 is 0 Å². The zero-order valence-electron chi connectivity index (χ0n) is 15.0. The number of benzene rings is 3. The van der Waals surface area contributed by atoms with Crippen LogP contribution in [0.4, 0.5) is 5.69 Å². The van der Waals surface area contributed by atoms with Crippen LogP contribution in [0.15, 0.2) is 66.7 Å². The summed E-state index contributed by atoms with van der Waals surface area (Å²) in [5.74, 6) is 1.02. The Bertz CT molecular complexity index is 1120. The molecule has 0 aliphatic heterocycles. The second-order valence-electron chi connectivity index (χ2n) is 6.31. The monoisotopic (exact) mass is 373 g/mol. The number of nitrogens with one attached hydrogen (secondary N) is 1. The van der Waals surface area contributed by atoms with Crippen LogP contribution in [-0.4, -0.2) is 21.6 Å². The van der Waals surface area contributed by atoms with Crippen LogP contribution >= 0.6 is 11.8 Å². The van der Waals surface area contributed by atoms with Crippen molar-refractivity contribution in [2.24, 2.45) is 0 Å². The molecule has 1 heterocycles. The molecule has 0 radical (unpaired) electrons. The average molecular weight is 373 g/mol. The highest BCUT2D eigenvalue weighted by molar-refractivity contribution is 7.99. The number of amides is 1. The lowest BCUT2D eigenvalue weighted by atomic mass is 10.1. The second kappa shape index (κ2) is 7.76. The number of nitrogens with zero attached hydrogens (tertiary/aromatic N) is 2. The maximum absolute atomic E-state index is 12.4. The van der Waals surface area contributed by atoms with Gasteiger partial charge in [0.15, 0.2) is 0 Å². The summed E-state index contributed by atoms with van der Waals surface area (Å²) in [7, 11) is 0. The number of rotatable bonds is 5. The van der Waals surface area contributed by atoms with E-state index in [1.165, 1.54) is 0 Å². The van der Waals surface area contributed by atoms with Gasteiger partial charge in [-0.15, -0.1) is 11.8 Å². The first-order valence-electron chi connectivity index (χ1n) is 8.78. The van der Waals surface area contributed by atoms with Crippen molar-refractivity contribution in [1.29, 1.82) is 0 Å². The molecular weight excluding hydrogens is 354 g/mol. The predicted octanol–water partition coefficient (Wildman–Crippen LogP) is 4.96. The summed E-state index contributed by atoms with van der Waals surface area (Å²) in [5, 5.41) is 5.19. The first-order valence-corrected chi connectivity index (χ1v) is 9.94. The van der Waals surface area contributed by atoms with Crippen molar-refractivity contribution in [3.05, 3.63) is 78.1 Å². The van der Waals surface area contributed by atoms with Gasteiger partial charge < -0.3 is 5.32 Å². The highest BCUT2D eigenvalue weighted by atomic mass is 32.2. The maximum atomic E-state index is 12.4. The van der Waals surface area contributed by atoms with E-state index in [-0.39, 0.29) is 5.91 Å². The number of aromatic nitrogens is 2. The molecule has 1 amide bonds. The summed E-state index contributed by atoms with van der Waals surface area (Å²) in [6.45, 7) is 1.96. The number of thioether (sulfide) groups is 1. The van der Waals surface area contributed by atoms with E-state index >= 15 is 0 Å². The summed E-state index contributed by atoms with van der Waals surface area (Å²) in [4.78, 5) is 21.7. The summed E-state index contributed by atoms with van der Waals surface area (Å²) in [6, 6.07) is 21.8. The number of para-hydroxylation sites is 2. The van der Waals surface area contributed by atoms with Crippen LogP contribution in [-0.2, 0) is 10.5 Å². The fraction of sp³-hybridized carbons (Fsp3) is 0.136. The molecule has 0 fully saturated rings. The van der Waals surface area contributed by atoms with E-state index in [9.17, 15) is 4.79 Å². The van der Waals surface area contributed by atoms with E-state index in [0.717, 1.165) is 38.9 Å². The van der Waals surface area contributed by atoms with Gasteiger partial charge in [0.05, 0.1) is 28.2 Å². The van der Waals surface area contributed by atoms with E-state index < -0.39 is 0 Å². The molecule has 0 atom stereocenters. The summed E-state index contributed by atoms with van der Waals surface area (Å²) in [6.07, 6.45) is 0. The molecule has 134 valence electrons. The van der Waals surface area contributed by atoms with Crippen LogP contribution in [0.1, 0.15) is 11.4 Å². The van der Waals surface area contributed by atoms with Gasteiger partial charge in [0, 0.05) is 16.8 Å². The highest BCUT2D eigenvalue weighted by Gasteiger charge is 2.09. The van der Waals surface area contributed by atoms with E-state index in [2.05, 4.69) is 15.3 Å². The number of hydrogen-bond donors (Lipinski definition) is 1. The molecule has 4 rings (SSSR count). The van der Waals surface area contributed by atoms with E-state index in [1.807, 2.05) is 73.7 Å². The van der Waals surface area contributed by atoms with Gasteiger partial charge in [-0.2, -0.15) is 0 Å². The largest absolute Gasteiger partial charge is 0.325 e. The Morgan fingerprint density at radius 2 is 1.63 bits per heavy atom.